The molecule has 0 aliphatic rings. The first-order valence-corrected chi connectivity index (χ1v) is 34.2. The molecule has 468 valence electrons. The summed E-state index contributed by atoms with van der Waals surface area (Å²) in [4.78, 5) is 71.9. The quantitative estimate of drug-likeness (QED) is 0.0222. The molecule has 0 aliphatic heterocycles. The third-order valence-corrected chi connectivity index (χ3v) is 15.8. The number of hydrogen-bond acceptors (Lipinski definition) is 15. The predicted molar refractivity (Wildman–Crippen MR) is 312 cm³/mol. The third kappa shape index (κ3) is 53.8. The highest BCUT2D eigenvalue weighted by Crippen LogP contribution is 2.45. The number of phosphoric ester groups is 2. The molecule has 19 heteroatoms. The van der Waals surface area contributed by atoms with Crippen LogP contribution in [0.3, 0.4) is 0 Å². The van der Waals surface area contributed by atoms with Gasteiger partial charge in [-0.15, -0.1) is 0 Å². The maximum atomic E-state index is 12.9. The third-order valence-electron chi connectivity index (χ3n) is 13.9. The van der Waals surface area contributed by atoms with Gasteiger partial charge in [-0.2, -0.15) is 0 Å². The molecule has 0 aromatic heterocycles. The molecule has 0 amide bonds. The number of carbonyl (C=O) groups excluding carboxylic acids is 4. The van der Waals surface area contributed by atoms with E-state index in [1.165, 1.54) is 70.6 Å². The Balaban J connectivity index is 5.25. The summed E-state index contributed by atoms with van der Waals surface area (Å²) in [6.07, 6.45) is 28.4. The molecule has 79 heavy (non-hydrogen) atoms. The second-order valence-electron chi connectivity index (χ2n) is 23.4. The van der Waals surface area contributed by atoms with Crippen LogP contribution in [0.25, 0.3) is 0 Å². The lowest BCUT2D eigenvalue weighted by atomic mass is 10.00. The fourth-order valence-corrected chi connectivity index (χ4v) is 10.3. The van der Waals surface area contributed by atoms with Gasteiger partial charge in [-0.1, -0.05) is 229 Å². The van der Waals surface area contributed by atoms with E-state index in [2.05, 4.69) is 55.4 Å². The van der Waals surface area contributed by atoms with Crippen molar-refractivity contribution >= 4 is 39.5 Å². The number of ether oxygens (including phenoxy) is 4. The fourth-order valence-electron chi connectivity index (χ4n) is 8.69. The number of carbonyl (C=O) groups is 4. The van der Waals surface area contributed by atoms with Crippen molar-refractivity contribution in [2.75, 3.05) is 39.6 Å². The Morgan fingerprint density at radius 2 is 0.608 bits per heavy atom. The van der Waals surface area contributed by atoms with E-state index in [0.29, 0.717) is 37.5 Å². The molecular formula is C60H116O17P2. The maximum Gasteiger partial charge on any atom is 0.472 e. The van der Waals surface area contributed by atoms with Gasteiger partial charge in [-0.3, -0.25) is 37.3 Å². The second-order valence-corrected chi connectivity index (χ2v) is 26.3. The lowest BCUT2D eigenvalue weighted by Crippen LogP contribution is -2.30. The molecule has 0 aromatic carbocycles. The highest BCUT2D eigenvalue weighted by Gasteiger charge is 2.30. The summed E-state index contributed by atoms with van der Waals surface area (Å²) >= 11 is 0. The van der Waals surface area contributed by atoms with E-state index >= 15 is 0 Å². The van der Waals surface area contributed by atoms with Gasteiger partial charge in [0.1, 0.15) is 19.3 Å². The van der Waals surface area contributed by atoms with Crippen LogP contribution in [0.2, 0.25) is 0 Å². The van der Waals surface area contributed by atoms with Crippen LogP contribution in [0.4, 0.5) is 0 Å². The average molecular weight is 1170 g/mol. The molecular weight excluding hydrogens is 1050 g/mol. The monoisotopic (exact) mass is 1170 g/mol. The highest BCUT2D eigenvalue weighted by atomic mass is 31.2. The SMILES string of the molecule is CCC(C)CCCCCCCCC(=O)OC[C@H](COP(=O)(O)OC[C@@H](O)COP(=O)(O)OC[C@@H](COC(=O)CCCCCCCCC(C)C)OC(=O)CCCCCCCCC(C)C)OC(=O)CCCCCCCCCCC(C)C. The summed E-state index contributed by atoms with van der Waals surface area (Å²) in [6, 6.07) is 0. The maximum absolute atomic E-state index is 12.9. The zero-order chi connectivity index (χ0) is 59.0. The molecule has 0 fully saturated rings. The van der Waals surface area contributed by atoms with Crippen LogP contribution in [0.15, 0.2) is 0 Å². The summed E-state index contributed by atoms with van der Waals surface area (Å²) in [5, 5.41) is 10.5. The van der Waals surface area contributed by atoms with Crippen LogP contribution in [-0.2, 0) is 65.4 Å². The lowest BCUT2D eigenvalue weighted by molar-refractivity contribution is -0.161. The van der Waals surface area contributed by atoms with E-state index in [-0.39, 0.29) is 25.7 Å². The Morgan fingerprint density at radius 3 is 0.899 bits per heavy atom. The molecule has 0 aliphatic carbocycles. The van der Waals surface area contributed by atoms with Crippen molar-refractivity contribution in [1.82, 2.24) is 0 Å². The first-order chi connectivity index (χ1) is 37.6. The minimum atomic E-state index is -4.94. The lowest BCUT2D eigenvalue weighted by Gasteiger charge is -2.21. The number of aliphatic hydroxyl groups excluding tert-OH is 1. The molecule has 0 bridgehead atoms. The molecule has 17 nitrogen and oxygen atoms in total. The number of phosphoric acid groups is 2. The Morgan fingerprint density at radius 1 is 0.354 bits per heavy atom. The number of hydrogen-bond donors (Lipinski definition) is 3. The molecule has 6 atom stereocenters. The number of esters is 4. The molecule has 3 N–H and O–H groups in total. The minimum absolute atomic E-state index is 0.100. The Hall–Kier alpha value is -1.94. The number of unbranched alkanes of at least 4 members (excludes halogenated alkanes) is 22. The van der Waals surface area contributed by atoms with E-state index in [4.69, 9.17) is 37.0 Å². The predicted octanol–water partition coefficient (Wildman–Crippen LogP) is 15.8. The van der Waals surface area contributed by atoms with Gasteiger partial charge < -0.3 is 33.8 Å². The van der Waals surface area contributed by atoms with Gasteiger partial charge in [-0.05, 0) is 49.4 Å². The normalized spacial score (nSPS) is 14.9. The van der Waals surface area contributed by atoms with Crippen LogP contribution in [0.5, 0.6) is 0 Å². The molecule has 0 aromatic rings. The molecule has 0 saturated carbocycles. The molecule has 3 unspecified atom stereocenters. The number of rotatable bonds is 57. The van der Waals surface area contributed by atoms with Gasteiger partial charge in [0.25, 0.3) is 0 Å². The first kappa shape index (κ1) is 77.1. The van der Waals surface area contributed by atoms with E-state index < -0.39 is 97.5 Å². The largest absolute Gasteiger partial charge is 0.472 e. The van der Waals surface area contributed by atoms with Crippen LogP contribution in [0, 0.1) is 23.7 Å². The van der Waals surface area contributed by atoms with Gasteiger partial charge >= 0.3 is 39.5 Å². The van der Waals surface area contributed by atoms with Crippen LogP contribution in [-0.4, -0.2) is 96.7 Å². The van der Waals surface area contributed by atoms with Crippen molar-refractivity contribution in [3.8, 4) is 0 Å². The van der Waals surface area contributed by atoms with Gasteiger partial charge in [0.2, 0.25) is 0 Å². The highest BCUT2D eigenvalue weighted by molar-refractivity contribution is 7.47. The van der Waals surface area contributed by atoms with E-state index in [0.717, 1.165) is 115 Å². The van der Waals surface area contributed by atoms with Crippen LogP contribution >= 0.6 is 15.6 Å². The standard InChI is InChI=1S/C60H116O17P2/c1-9-53(8)39-31-23-16-19-25-33-41-58(63)71-46-55(76-59(64)42-34-26-13-11-10-12-20-28-36-50(2)3)48-74-78(66,67)72-44-54(61)45-73-79(68,69)75-49-56(77-60(65)43-35-27-18-15-22-30-38-52(6)7)47-70-57(62)40-32-24-17-14-21-29-37-51(4)5/h50-56,61H,9-49H2,1-8H3,(H,66,67)(H,68,69)/t53?,54-,55-,56-/m1/s1. The summed E-state index contributed by atoms with van der Waals surface area (Å²) in [5.41, 5.74) is 0. The zero-order valence-electron chi connectivity index (χ0n) is 51.0. The minimum Gasteiger partial charge on any atom is -0.462 e. The summed E-state index contributed by atoms with van der Waals surface area (Å²) in [7, 11) is -9.88. The zero-order valence-corrected chi connectivity index (χ0v) is 52.8. The fraction of sp³-hybridized carbons (Fsp3) is 0.933. The van der Waals surface area contributed by atoms with E-state index in [1.807, 2.05) is 0 Å². The molecule has 0 spiro atoms. The molecule has 0 heterocycles. The van der Waals surface area contributed by atoms with Crippen molar-refractivity contribution in [3.63, 3.8) is 0 Å². The van der Waals surface area contributed by atoms with Gasteiger partial charge in [0.15, 0.2) is 12.2 Å². The van der Waals surface area contributed by atoms with Crippen molar-refractivity contribution < 1.29 is 80.2 Å². The summed E-state index contributed by atoms with van der Waals surface area (Å²) in [6.45, 7) is 13.8. The summed E-state index contributed by atoms with van der Waals surface area (Å²) in [5.74, 6) is 0.646. The smallest absolute Gasteiger partial charge is 0.462 e. The second kappa shape index (κ2) is 50.6. The Labute approximate surface area is 479 Å². The van der Waals surface area contributed by atoms with Crippen molar-refractivity contribution in [1.29, 1.82) is 0 Å². The van der Waals surface area contributed by atoms with Crippen molar-refractivity contribution in [2.45, 2.75) is 298 Å². The van der Waals surface area contributed by atoms with Crippen LogP contribution < -0.4 is 0 Å². The van der Waals surface area contributed by atoms with Crippen molar-refractivity contribution in [3.05, 3.63) is 0 Å². The first-order valence-electron chi connectivity index (χ1n) is 31.2. The Kier molecular flexibility index (Phi) is 49.3. The van der Waals surface area contributed by atoms with Gasteiger partial charge in [0, 0.05) is 25.7 Å². The molecule has 0 saturated heterocycles. The summed E-state index contributed by atoms with van der Waals surface area (Å²) < 4.78 is 67.7. The molecule has 0 rings (SSSR count). The topological polar surface area (TPSA) is 237 Å². The number of aliphatic hydroxyl groups is 1. The van der Waals surface area contributed by atoms with E-state index in [9.17, 15) is 43.2 Å². The van der Waals surface area contributed by atoms with Gasteiger partial charge in [-0.25, -0.2) is 9.13 Å². The molecule has 0 radical (unpaired) electrons. The Bertz CT molecular complexity index is 1600. The van der Waals surface area contributed by atoms with Crippen molar-refractivity contribution in [2.24, 2.45) is 23.7 Å². The van der Waals surface area contributed by atoms with Gasteiger partial charge in [0.05, 0.1) is 26.4 Å². The van der Waals surface area contributed by atoms with Crippen LogP contribution in [0.1, 0.15) is 280 Å². The average Bonchev–Trinajstić information content (AvgIpc) is 3.39. The van der Waals surface area contributed by atoms with E-state index in [1.54, 1.807) is 0 Å².